The van der Waals surface area contributed by atoms with Crippen LogP contribution in [0.4, 0.5) is 0 Å². The van der Waals surface area contributed by atoms with Crippen LogP contribution in [0.15, 0.2) is 24.3 Å². The van der Waals surface area contributed by atoms with E-state index in [1.54, 1.807) is 0 Å². The SMILES string of the molecule is CN.CNCc1cccc(C)c1. The lowest BCUT2D eigenvalue weighted by atomic mass is 10.1. The quantitative estimate of drug-likeness (QED) is 0.694. The zero-order chi connectivity index (χ0) is 9.40. The molecule has 1 rings (SSSR count). The Labute approximate surface area is 74.8 Å². The fourth-order valence-electron chi connectivity index (χ4n) is 1.03. The molecule has 0 spiro atoms. The molecule has 0 radical (unpaired) electrons. The van der Waals surface area contributed by atoms with Crippen molar-refractivity contribution in [3.8, 4) is 0 Å². The van der Waals surface area contributed by atoms with E-state index in [0.29, 0.717) is 0 Å². The van der Waals surface area contributed by atoms with Crippen molar-refractivity contribution in [1.82, 2.24) is 5.32 Å². The fourth-order valence-corrected chi connectivity index (χ4v) is 1.03. The standard InChI is InChI=1S/C9H13N.CH5N/c1-8-4-3-5-9(6-8)7-10-2;1-2/h3-6,10H,7H2,1-2H3;2H2,1H3. The summed E-state index contributed by atoms with van der Waals surface area (Å²) in [6.45, 7) is 3.07. The lowest BCUT2D eigenvalue weighted by Crippen LogP contribution is -2.04. The van der Waals surface area contributed by atoms with Gasteiger partial charge in [-0.05, 0) is 26.6 Å². The molecule has 0 saturated heterocycles. The average Bonchev–Trinajstić information content (AvgIpc) is 2.09. The van der Waals surface area contributed by atoms with Crippen LogP contribution in [0.3, 0.4) is 0 Å². The Bertz CT molecular complexity index is 209. The highest BCUT2D eigenvalue weighted by Gasteiger charge is 1.88. The van der Waals surface area contributed by atoms with Gasteiger partial charge in [0, 0.05) is 6.54 Å². The highest BCUT2D eigenvalue weighted by molar-refractivity contribution is 5.21. The van der Waals surface area contributed by atoms with Crippen LogP contribution >= 0.6 is 0 Å². The van der Waals surface area contributed by atoms with Gasteiger partial charge in [-0.25, -0.2) is 0 Å². The molecular formula is C10H18N2. The summed E-state index contributed by atoms with van der Waals surface area (Å²) in [7, 11) is 3.46. The third kappa shape index (κ3) is 4.11. The molecule has 0 heterocycles. The van der Waals surface area contributed by atoms with Crippen molar-refractivity contribution in [2.24, 2.45) is 5.73 Å². The second-order valence-electron chi connectivity index (χ2n) is 2.52. The Morgan fingerprint density at radius 1 is 1.33 bits per heavy atom. The van der Waals surface area contributed by atoms with E-state index < -0.39 is 0 Å². The molecule has 2 nitrogen and oxygen atoms in total. The van der Waals surface area contributed by atoms with Crippen molar-refractivity contribution in [3.63, 3.8) is 0 Å². The van der Waals surface area contributed by atoms with Gasteiger partial charge in [-0.1, -0.05) is 29.8 Å². The molecule has 1 aromatic rings. The zero-order valence-electron chi connectivity index (χ0n) is 8.09. The van der Waals surface area contributed by atoms with E-state index in [-0.39, 0.29) is 0 Å². The summed E-state index contributed by atoms with van der Waals surface area (Å²) in [6, 6.07) is 8.52. The summed E-state index contributed by atoms with van der Waals surface area (Å²) in [4.78, 5) is 0. The van der Waals surface area contributed by atoms with E-state index >= 15 is 0 Å². The largest absolute Gasteiger partial charge is 0.333 e. The Hall–Kier alpha value is -0.860. The third-order valence-electron chi connectivity index (χ3n) is 1.46. The molecule has 0 unspecified atom stereocenters. The lowest BCUT2D eigenvalue weighted by molar-refractivity contribution is 0.817. The number of hydrogen-bond donors (Lipinski definition) is 2. The van der Waals surface area contributed by atoms with Crippen LogP contribution in [0.2, 0.25) is 0 Å². The maximum Gasteiger partial charge on any atom is 0.0202 e. The van der Waals surface area contributed by atoms with Crippen LogP contribution in [-0.2, 0) is 6.54 Å². The van der Waals surface area contributed by atoms with Gasteiger partial charge in [-0.2, -0.15) is 0 Å². The van der Waals surface area contributed by atoms with Gasteiger partial charge in [0.25, 0.3) is 0 Å². The molecule has 0 aromatic heterocycles. The predicted octanol–water partition coefficient (Wildman–Crippen LogP) is 1.29. The number of nitrogens with two attached hydrogens (primary N) is 1. The lowest BCUT2D eigenvalue weighted by Gasteiger charge is -1.99. The van der Waals surface area contributed by atoms with Gasteiger partial charge in [0.05, 0.1) is 0 Å². The molecule has 0 aliphatic heterocycles. The minimum absolute atomic E-state index is 0.960. The molecule has 0 aliphatic rings. The minimum Gasteiger partial charge on any atom is -0.333 e. The van der Waals surface area contributed by atoms with Crippen LogP contribution in [-0.4, -0.2) is 14.1 Å². The van der Waals surface area contributed by atoms with Gasteiger partial charge >= 0.3 is 0 Å². The van der Waals surface area contributed by atoms with Crippen molar-refractivity contribution in [3.05, 3.63) is 35.4 Å². The number of nitrogens with one attached hydrogen (secondary N) is 1. The van der Waals surface area contributed by atoms with E-state index in [1.807, 2.05) is 7.05 Å². The second-order valence-corrected chi connectivity index (χ2v) is 2.52. The second kappa shape index (κ2) is 6.83. The maximum absolute atomic E-state index is 4.50. The van der Waals surface area contributed by atoms with Crippen LogP contribution in [0.5, 0.6) is 0 Å². The highest BCUT2D eigenvalue weighted by Crippen LogP contribution is 2.02. The molecule has 3 N–H and O–H groups in total. The van der Waals surface area contributed by atoms with Gasteiger partial charge < -0.3 is 11.1 Å². The molecular weight excluding hydrogens is 148 g/mol. The van der Waals surface area contributed by atoms with E-state index in [2.05, 4.69) is 42.2 Å². The van der Waals surface area contributed by atoms with Crippen molar-refractivity contribution in [2.75, 3.05) is 14.1 Å². The summed E-state index contributed by atoms with van der Waals surface area (Å²) >= 11 is 0. The third-order valence-corrected chi connectivity index (χ3v) is 1.46. The van der Waals surface area contributed by atoms with Crippen LogP contribution in [0.1, 0.15) is 11.1 Å². The van der Waals surface area contributed by atoms with Crippen molar-refractivity contribution in [2.45, 2.75) is 13.5 Å². The van der Waals surface area contributed by atoms with Gasteiger partial charge in [-0.3, -0.25) is 0 Å². The summed E-state index contributed by atoms with van der Waals surface area (Å²) in [5.74, 6) is 0. The number of hydrogen-bond acceptors (Lipinski definition) is 2. The number of benzene rings is 1. The van der Waals surface area contributed by atoms with Gasteiger partial charge in [0.1, 0.15) is 0 Å². The fraction of sp³-hybridized carbons (Fsp3) is 0.400. The molecule has 1 aromatic carbocycles. The maximum atomic E-state index is 4.50. The van der Waals surface area contributed by atoms with Crippen LogP contribution in [0.25, 0.3) is 0 Å². The predicted molar refractivity (Wildman–Crippen MR) is 54.1 cm³/mol. The first kappa shape index (κ1) is 11.1. The zero-order valence-corrected chi connectivity index (χ0v) is 8.09. The van der Waals surface area contributed by atoms with Crippen molar-refractivity contribution in [1.29, 1.82) is 0 Å². The summed E-state index contributed by atoms with van der Waals surface area (Å²) < 4.78 is 0. The molecule has 2 heteroatoms. The van der Waals surface area contributed by atoms with Gasteiger partial charge in [0.2, 0.25) is 0 Å². The smallest absolute Gasteiger partial charge is 0.0202 e. The molecule has 0 saturated carbocycles. The average molecular weight is 166 g/mol. The van der Waals surface area contributed by atoms with Crippen LogP contribution < -0.4 is 11.1 Å². The van der Waals surface area contributed by atoms with E-state index in [4.69, 9.17) is 0 Å². The highest BCUT2D eigenvalue weighted by atomic mass is 14.8. The molecule has 0 aliphatic carbocycles. The number of aryl methyl sites for hydroxylation is 1. The number of rotatable bonds is 2. The van der Waals surface area contributed by atoms with E-state index in [1.165, 1.54) is 18.2 Å². The Morgan fingerprint density at radius 2 is 2.00 bits per heavy atom. The topological polar surface area (TPSA) is 38.0 Å². The normalized spacial score (nSPS) is 8.67. The summed E-state index contributed by atoms with van der Waals surface area (Å²) in [5.41, 5.74) is 7.18. The monoisotopic (exact) mass is 166 g/mol. The Balaban J connectivity index is 0.000000561. The first-order valence-corrected chi connectivity index (χ1v) is 4.11. The van der Waals surface area contributed by atoms with Gasteiger partial charge in [0.15, 0.2) is 0 Å². The summed E-state index contributed by atoms with van der Waals surface area (Å²) in [6.07, 6.45) is 0. The molecule has 68 valence electrons. The Morgan fingerprint density at radius 3 is 2.50 bits per heavy atom. The van der Waals surface area contributed by atoms with Crippen molar-refractivity contribution >= 4 is 0 Å². The van der Waals surface area contributed by atoms with Gasteiger partial charge in [-0.15, -0.1) is 0 Å². The van der Waals surface area contributed by atoms with Crippen LogP contribution in [0, 0.1) is 6.92 Å². The van der Waals surface area contributed by atoms with E-state index in [9.17, 15) is 0 Å². The molecule has 0 fully saturated rings. The van der Waals surface area contributed by atoms with Crippen molar-refractivity contribution < 1.29 is 0 Å². The molecule has 0 atom stereocenters. The Kier molecular flexibility index (Phi) is 6.34. The van der Waals surface area contributed by atoms with E-state index in [0.717, 1.165) is 6.54 Å². The summed E-state index contributed by atoms with van der Waals surface area (Å²) in [5, 5.41) is 3.11. The first-order chi connectivity index (χ1) is 5.83. The minimum atomic E-state index is 0.960. The first-order valence-electron chi connectivity index (χ1n) is 4.11. The molecule has 0 amide bonds. The molecule has 12 heavy (non-hydrogen) atoms. The molecule has 0 bridgehead atoms.